The van der Waals surface area contributed by atoms with E-state index in [1.165, 1.54) is 51.1 Å². The normalized spacial score (nSPS) is 12.9. The minimum Gasteiger partial charge on any atom is 1.00 e. The molecule has 0 atom stereocenters. The van der Waals surface area contributed by atoms with Crippen molar-refractivity contribution in [2.24, 2.45) is 35.2 Å². The van der Waals surface area contributed by atoms with E-state index in [0.29, 0.717) is 5.92 Å². The van der Waals surface area contributed by atoms with Gasteiger partial charge in [-0.15, -0.1) is 23.5 Å². The molecule has 0 spiro atoms. The van der Waals surface area contributed by atoms with E-state index in [9.17, 15) is 0 Å². The van der Waals surface area contributed by atoms with Gasteiger partial charge in [-0.05, 0) is 116 Å². The Labute approximate surface area is 441 Å². The third-order valence-electron chi connectivity index (χ3n) is 9.42. The molecule has 0 unspecified atom stereocenters. The van der Waals surface area contributed by atoms with Crippen LogP contribution in [-0.4, -0.2) is 74.2 Å². The fourth-order valence-electron chi connectivity index (χ4n) is 6.31. The van der Waals surface area contributed by atoms with Gasteiger partial charge in [0.15, 0.2) is 17.1 Å². The molecule has 2 aliphatic rings. The summed E-state index contributed by atoms with van der Waals surface area (Å²) in [6.45, 7) is 4.36. The van der Waals surface area contributed by atoms with Gasteiger partial charge in [0.2, 0.25) is 0 Å². The molecule has 2 aliphatic carbocycles. The molecule has 0 N–H and O–H groups in total. The predicted molar refractivity (Wildman–Crippen MR) is 258 cm³/mol. The molecule has 10 rings (SSSR count). The average molecular weight is 1270 g/mol. The Morgan fingerprint density at radius 1 is 0.694 bits per heavy atom. The van der Waals surface area contributed by atoms with Crippen LogP contribution >= 0.6 is 104 Å². The number of imidazole rings is 5. The van der Waals surface area contributed by atoms with Gasteiger partial charge < -0.3 is 45.2 Å². The molecule has 8 heterocycles. The number of hydrogen-bond acceptors (Lipinski definition) is 10. The van der Waals surface area contributed by atoms with Crippen LogP contribution in [-0.2, 0) is 52.6 Å². The van der Waals surface area contributed by atoms with Crippen LogP contribution < -0.4 is 31.3 Å². The van der Waals surface area contributed by atoms with Crippen LogP contribution in [0.4, 0.5) is 0 Å². The number of aromatic nitrogens is 13. The molecule has 8 aromatic heterocycles. The van der Waals surface area contributed by atoms with Gasteiger partial charge in [0, 0.05) is 84.0 Å². The second-order valence-electron chi connectivity index (χ2n) is 13.8. The summed E-state index contributed by atoms with van der Waals surface area (Å²) in [4.78, 5) is 35.4. The first-order chi connectivity index (χ1) is 28.9. The van der Waals surface area contributed by atoms with Crippen molar-refractivity contribution in [3.8, 4) is 11.5 Å². The van der Waals surface area contributed by atoms with Crippen molar-refractivity contribution in [2.75, 3.05) is 11.5 Å². The fourth-order valence-corrected chi connectivity index (χ4v) is 9.91. The molecular formula is C39H42Br3Cl2ILiN13S2Zn. The molecule has 0 radical (unpaired) electrons. The van der Waals surface area contributed by atoms with Gasteiger partial charge in [-0.1, -0.05) is 35.8 Å². The van der Waals surface area contributed by atoms with Gasteiger partial charge in [-0.2, -0.15) is 0 Å². The largest absolute Gasteiger partial charge is 1.00 e. The van der Waals surface area contributed by atoms with Crippen molar-refractivity contribution in [3.63, 3.8) is 0 Å². The Kier molecular flexibility index (Phi) is 21.3. The molecular weight excluding hydrogens is 1220 g/mol. The van der Waals surface area contributed by atoms with Crippen LogP contribution in [0.2, 0.25) is 0 Å². The number of nitrogens with zero attached hydrogens (tertiary/aromatic N) is 13. The van der Waals surface area contributed by atoms with Crippen molar-refractivity contribution in [3.05, 3.63) is 78.2 Å². The van der Waals surface area contributed by atoms with Gasteiger partial charge in [0.05, 0.1) is 6.33 Å². The first-order valence-electron chi connectivity index (χ1n) is 19.0. The summed E-state index contributed by atoms with van der Waals surface area (Å²) < 4.78 is 14.2. The summed E-state index contributed by atoms with van der Waals surface area (Å²) in [7, 11) is 14.8. The average Bonchev–Trinajstić information content (AvgIpc) is 4.13. The van der Waals surface area contributed by atoms with Gasteiger partial charge in [0.25, 0.3) is 0 Å². The van der Waals surface area contributed by atoms with Crippen molar-refractivity contribution in [1.82, 2.24) is 62.7 Å². The molecule has 23 heteroatoms. The summed E-state index contributed by atoms with van der Waals surface area (Å²) in [5, 5.41) is 2.54. The quantitative estimate of drug-likeness (QED) is 0.0923. The van der Waals surface area contributed by atoms with E-state index >= 15 is 0 Å². The minimum atomic E-state index is 0. The van der Waals surface area contributed by atoms with Crippen LogP contribution in [0.15, 0.2) is 66.6 Å². The fraction of sp³-hybridized carbons (Fsp3) is 0.385. The van der Waals surface area contributed by atoms with Crippen LogP contribution in [0, 0.1) is 10.0 Å². The standard InChI is InChI=1S/C16H18BrN5S.C9H13IN2S.C7H6BrN3.C7H5BrN3.2ClH.Li.Zn/c1-4-23-16-12(20-13(22(16)3)9-5-6-9)15-19-11-7-10(17)8-18-14(11)21(15)2;1-3-13-9-7(10)11-8(12(9)2)6-4-5-6;2*1-11-4-10-6-2-5(8)3-9-7(6)11;;;;/h7-9H,4-6H2,1-3H3;6H,3-5H2,1-2H3;2-4H,1H3;2-3H,1H3;2*1H;;/q;;;-1;;;+1;+2/p-2. The number of hydrogen-bond donors (Lipinski definition) is 0. The van der Waals surface area contributed by atoms with E-state index in [1.807, 2.05) is 78.2 Å². The van der Waals surface area contributed by atoms with E-state index in [2.05, 4.69) is 144 Å². The third kappa shape index (κ3) is 12.9. The molecule has 0 aromatic carbocycles. The zero-order valence-electron chi connectivity index (χ0n) is 35.5. The molecule has 0 saturated heterocycles. The topological polar surface area (TPSA) is 128 Å². The van der Waals surface area contributed by atoms with E-state index in [-0.39, 0.29) is 31.3 Å². The first kappa shape index (κ1) is 53.6. The first-order valence-corrected chi connectivity index (χ1v) is 28.3. The maximum Gasteiger partial charge on any atom is 1.00 e. The second-order valence-corrected chi connectivity index (χ2v) is 20.1. The Balaban J connectivity index is 0.000000187. The van der Waals surface area contributed by atoms with Crippen molar-refractivity contribution < 1.29 is 48.6 Å². The molecule has 62 heavy (non-hydrogen) atoms. The Morgan fingerprint density at radius 3 is 1.77 bits per heavy atom. The van der Waals surface area contributed by atoms with E-state index in [4.69, 9.17) is 19.7 Å². The number of fused-ring (bicyclic) bond motifs is 3. The monoisotopic (exact) mass is 1260 g/mol. The zero-order chi connectivity index (χ0) is 43.2. The molecule has 0 aliphatic heterocycles. The van der Waals surface area contributed by atoms with E-state index in [0.717, 1.165) is 93.2 Å². The predicted octanol–water partition coefficient (Wildman–Crippen LogP) is 5.09. The van der Waals surface area contributed by atoms with Gasteiger partial charge in [-0.25, -0.2) is 29.9 Å². The summed E-state index contributed by atoms with van der Waals surface area (Å²) in [6.07, 6.45) is 15.0. The minimum absolute atomic E-state index is 0. The van der Waals surface area contributed by atoms with Crippen LogP contribution in [0.1, 0.15) is 63.0 Å². The van der Waals surface area contributed by atoms with E-state index in [1.54, 1.807) is 23.3 Å². The number of rotatable bonds is 7. The molecule has 2 fully saturated rings. The smallest absolute Gasteiger partial charge is 1.00 e. The summed E-state index contributed by atoms with van der Waals surface area (Å²) in [5.74, 6) is 6.89. The third-order valence-corrected chi connectivity index (χ3v) is 13.9. The van der Waals surface area contributed by atoms with Crippen molar-refractivity contribution >= 4 is 137 Å². The van der Waals surface area contributed by atoms with Gasteiger partial charge in [0.1, 0.15) is 42.1 Å². The van der Waals surface area contributed by atoms with Gasteiger partial charge >= 0.3 is 45.9 Å². The van der Waals surface area contributed by atoms with Crippen LogP contribution in [0.25, 0.3) is 45.0 Å². The Hall–Kier alpha value is -1.05. The summed E-state index contributed by atoms with van der Waals surface area (Å²) in [6, 6.07) is 5.87. The van der Waals surface area contributed by atoms with Crippen molar-refractivity contribution in [1.29, 1.82) is 0 Å². The maximum absolute atomic E-state index is 4.96. The number of pyridine rings is 3. The summed E-state index contributed by atoms with van der Waals surface area (Å²) in [5.41, 5.74) is 6.31. The number of aryl methyl sites for hydroxylation is 3. The molecule has 8 aromatic rings. The summed E-state index contributed by atoms with van der Waals surface area (Å²) >= 11 is 17.0. The van der Waals surface area contributed by atoms with Crippen LogP contribution in [0.5, 0.6) is 0 Å². The molecule has 2 saturated carbocycles. The second kappa shape index (κ2) is 24.6. The van der Waals surface area contributed by atoms with Crippen LogP contribution in [0.3, 0.4) is 0 Å². The maximum atomic E-state index is 4.96. The molecule has 320 valence electrons. The van der Waals surface area contributed by atoms with Gasteiger partial charge in [-0.3, -0.25) is 0 Å². The number of thioether (sulfide) groups is 2. The van der Waals surface area contributed by atoms with Crippen molar-refractivity contribution in [2.45, 2.75) is 61.4 Å². The Morgan fingerprint density at radius 2 is 1.19 bits per heavy atom. The molecule has 0 amide bonds. The zero-order valence-corrected chi connectivity index (χ0v) is 48.6. The van der Waals surface area contributed by atoms with E-state index < -0.39 is 0 Å². The molecule has 0 bridgehead atoms. The SMILES string of the molecule is CCSc1c(-c2nc3cc(Br)cnc3n2C)nc(C2CC2)n1C.CCSc1c(I)nc(C2CC2)n1C.Cn1[c-]nc2cc(Br)cnc21.Cn1cnc2cc(Br)cnc21.[Cl-].[Cl][Zn+].[Li+]. The Bertz CT molecular complexity index is 2660. The number of halogens is 6. The molecule has 13 nitrogen and oxygen atoms in total.